The van der Waals surface area contributed by atoms with Gasteiger partial charge in [0.25, 0.3) is 0 Å². The summed E-state index contributed by atoms with van der Waals surface area (Å²) in [6, 6.07) is -2.37. The molecule has 0 spiro atoms. The van der Waals surface area contributed by atoms with E-state index >= 15 is 0 Å². The van der Waals surface area contributed by atoms with Crippen LogP contribution in [0.4, 0.5) is 0 Å². The molecule has 1 saturated heterocycles. The molecule has 16 heteroatoms. The molecule has 0 aromatic heterocycles. The van der Waals surface area contributed by atoms with Gasteiger partial charge in [-0.1, -0.05) is 0 Å². The number of esters is 6. The maximum atomic E-state index is 13.0. The van der Waals surface area contributed by atoms with Crippen LogP contribution in [-0.2, 0) is 57.2 Å². The van der Waals surface area contributed by atoms with Gasteiger partial charge in [0, 0.05) is 71.6 Å². The monoisotopic (exact) mass is 646 g/mol. The van der Waals surface area contributed by atoms with Crippen LogP contribution in [0, 0.1) is 0 Å². The third-order valence-corrected chi connectivity index (χ3v) is 7.79. The van der Waals surface area contributed by atoms with Gasteiger partial charge in [0.2, 0.25) is 0 Å². The molecule has 0 bridgehead atoms. The van der Waals surface area contributed by atoms with Crippen molar-refractivity contribution in [1.29, 1.82) is 0 Å². The Kier molecular flexibility index (Phi) is 19.6. The molecular formula is C29H50N4O12. The highest BCUT2D eigenvalue weighted by Gasteiger charge is 2.34. The fourth-order valence-corrected chi connectivity index (χ4v) is 5.18. The molecule has 0 amide bonds. The Bertz CT molecular complexity index is 912. The van der Waals surface area contributed by atoms with Gasteiger partial charge in [-0.05, 0) is 19.3 Å². The Morgan fingerprint density at radius 1 is 0.467 bits per heavy atom. The molecule has 0 aromatic rings. The second-order valence-corrected chi connectivity index (χ2v) is 10.3. The van der Waals surface area contributed by atoms with Crippen molar-refractivity contribution in [1.82, 2.24) is 20.0 Å². The minimum atomic E-state index is -0.850. The normalized spacial score (nSPS) is 17.7. The minimum Gasteiger partial charge on any atom is -0.469 e. The number of nitrogens with one attached hydrogen (secondary N) is 1. The van der Waals surface area contributed by atoms with Crippen LogP contribution in [0.3, 0.4) is 0 Å². The average Bonchev–Trinajstić information content (AvgIpc) is 3.05. The second-order valence-electron chi connectivity index (χ2n) is 10.3. The van der Waals surface area contributed by atoms with Crippen molar-refractivity contribution in [2.45, 2.75) is 56.7 Å². The van der Waals surface area contributed by atoms with E-state index in [-0.39, 0.29) is 64.7 Å². The van der Waals surface area contributed by atoms with Crippen LogP contribution in [0.25, 0.3) is 0 Å². The highest BCUT2D eigenvalue weighted by Crippen LogP contribution is 2.16. The number of hydrogen-bond donors (Lipinski definition) is 1. The van der Waals surface area contributed by atoms with Crippen molar-refractivity contribution >= 4 is 35.8 Å². The van der Waals surface area contributed by atoms with Crippen LogP contribution in [0.2, 0.25) is 0 Å². The number of carbonyl (C=O) groups is 6. The fraction of sp³-hybridized carbons (Fsp3) is 0.793. The summed E-state index contributed by atoms with van der Waals surface area (Å²) < 4.78 is 29.5. The molecule has 45 heavy (non-hydrogen) atoms. The number of hydrogen-bond acceptors (Lipinski definition) is 16. The van der Waals surface area contributed by atoms with Gasteiger partial charge >= 0.3 is 35.8 Å². The molecule has 0 radical (unpaired) electrons. The van der Waals surface area contributed by atoms with Gasteiger partial charge in [-0.2, -0.15) is 0 Å². The lowest BCUT2D eigenvalue weighted by Crippen LogP contribution is -2.54. The summed E-state index contributed by atoms with van der Waals surface area (Å²) >= 11 is 0. The minimum absolute atomic E-state index is 0.00325. The van der Waals surface area contributed by atoms with Crippen molar-refractivity contribution < 1.29 is 57.2 Å². The van der Waals surface area contributed by atoms with E-state index in [1.54, 1.807) is 0 Å². The molecular weight excluding hydrogens is 596 g/mol. The van der Waals surface area contributed by atoms with E-state index in [9.17, 15) is 28.8 Å². The van der Waals surface area contributed by atoms with E-state index < -0.39 is 53.9 Å². The molecule has 1 aliphatic rings. The highest BCUT2D eigenvalue weighted by atomic mass is 16.5. The van der Waals surface area contributed by atoms with E-state index in [1.165, 1.54) is 42.7 Å². The van der Waals surface area contributed by atoms with Gasteiger partial charge in [0.05, 0.1) is 42.7 Å². The summed E-state index contributed by atoms with van der Waals surface area (Å²) in [4.78, 5) is 80.2. The van der Waals surface area contributed by atoms with Gasteiger partial charge in [-0.3, -0.25) is 43.5 Å². The third-order valence-electron chi connectivity index (χ3n) is 7.79. The van der Waals surface area contributed by atoms with E-state index in [1.807, 2.05) is 14.7 Å². The summed E-state index contributed by atoms with van der Waals surface area (Å²) in [7, 11) is 7.63. The first-order valence-corrected chi connectivity index (χ1v) is 14.9. The van der Waals surface area contributed by atoms with Crippen LogP contribution in [0.1, 0.15) is 38.5 Å². The van der Waals surface area contributed by atoms with E-state index in [0.717, 1.165) is 0 Å². The van der Waals surface area contributed by atoms with Crippen molar-refractivity contribution in [3.63, 3.8) is 0 Å². The SMILES string of the molecule is COC(=O)CCC(C(=O)OC)N1CCNCCN(C(CCC(=O)OC)C(=O)OC)CCN(C(CCC(=O)OC)C(=O)OC)CC1. The van der Waals surface area contributed by atoms with E-state index in [0.29, 0.717) is 26.2 Å². The van der Waals surface area contributed by atoms with E-state index in [4.69, 9.17) is 28.4 Å². The van der Waals surface area contributed by atoms with Gasteiger partial charge in [-0.25, -0.2) is 0 Å². The molecule has 3 atom stereocenters. The molecule has 0 saturated carbocycles. The summed E-state index contributed by atoms with van der Waals surface area (Å²) in [6.45, 7) is 2.78. The van der Waals surface area contributed by atoms with Crippen molar-refractivity contribution in [3.05, 3.63) is 0 Å². The van der Waals surface area contributed by atoms with Crippen LogP contribution >= 0.6 is 0 Å². The zero-order valence-corrected chi connectivity index (χ0v) is 27.4. The quantitative estimate of drug-likeness (QED) is 0.169. The summed E-state index contributed by atoms with van der Waals surface area (Å²) in [5.41, 5.74) is 0. The van der Waals surface area contributed by atoms with Gasteiger partial charge in [-0.15, -0.1) is 0 Å². The van der Waals surface area contributed by atoms with Crippen LogP contribution < -0.4 is 5.32 Å². The number of nitrogens with zero attached hydrogens (tertiary/aromatic N) is 3. The molecule has 1 N–H and O–H groups in total. The van der Waals surface area contributed by atoms with Crippen LogP contribution in [0.15, 0.2) is 0 Å². The largest absolute Gasteiger partial charge is 0.469 e. The predicted molar refractivity (Wildman–Crippen MR) is 159 cm³/mol. The standard InChI is InChI=1S/C29H50N4O12/c1-40-24(34)10-7-21(27(37)43-4)31-15-13-30-14-16-32(22(28(38)44-5)8-11-25(35)41-2)18-20-33(19-17-31)23(29(39)45-6)9-12-26(36)42-3/h21-23,30H,7-20H2,1-6H3. The molecule has 1 aliphatic heterocycles. The Labute approximate surface area is 264 Å². The Morgan fingerprint density at radius 2 is 0.733 bits per heavy atom. The lowest BCUT2D eigenvalue weighted by Gasteiger charge is -2.37. The number of ether oxygens (including phenoxy) is 6. The summed E-state index contributed by atoms with van der Waals surface area (Å²) in [5.74, 6) is -2.99. The zero-order valence-electron chi connectivity index (χ0n) is 27.4. The van der Waals surface area contributed by atoms with E-state index in [2.05, 4.69) is 5.32 Å². The van der Waals surface area contributed by atoms with Gasteiger partial charge in [0.15, 0.2) is 0 Å². The number of rotatable bonds is 15. The van der Waals surface area contributed by atoms with Gasteiger partial charge < -0.3 is 33.7 Å². The Morgan fingerprint density at radius 3 is 0.978 bits per heavy atom. The molecule has 3 unspecified atom stereocenters. The molecule has 1 fully saturated rings. The smallest absolute Gasteiger partial charge is 0.323 e. The Hall–Kier alpha value is -3.34. The van der Waals surface area contributed by atoms with Crippen molar-refractivity contribution in [2.24, 2.45) is 0 Å². The van der Waals surface area contributed by atoms with Crippen LogP contribution in [0.5, 0.6) is 0 Å². The second kappa shape index (κ2) is 22.2. The maximum absolute atomic E-state index is 13.0. The van der Waals surface area contributed by atoms with Crippen LogP contribution in [-0.4, -0.2) is 164 Å². The fourth-order valence-electron chi connectivity index (χ4n) is 5.18. The average molecular weight is 647 g/mol. The summed E-state index contributed by atoms with van der Waals surface area (Å²) in [6.07, 6.45) is 0.394. The molecule has 1 rings (SSSR count). The zero-order chi connectivity index (χ0) is 33.8. The van der Waals surface area contributed by atoms with Crippen molar-refractivity contribution in [2.75, 3.05) is 95.0 Å². The molecule has 0 aliphatic carbocycles. The first-order chi connectivity index (χ1) is 21.6. The Balaban J connectivity index is 3.43. The first-order valence-electron chi connectivity index (χ1n) is 14.9. The maximum Gasteiger partial charge on any atom is 0.323 e. The topological polar surface area (TPSA) is 180 Å². The van der Waals surface area contributed by atoms with Gasteiger partial charge in [0.1, 0.15) is 18.1 Å². The molecule has 258 valence electrons. The number of carbonyl (C=O) groups excluding carboxylic acids is 6. The molecule has 16 nitrogen and oxygen atoms in total. The van der Waals surface area contributed by atoms with Crippen molar-refractivity contribution in [3.8, 4) is 0 Å². The molecule has 0 aromatic carbocycles. The first kappa shape index (κ1) is 39.7. The number of methoxy groups -OCH3 is 6. The lowest BCUT2D eigenvalue weighted by molar-refractivity contribution is -0.152. The lowest BCUT2D eigenvalue weighted by atomic mass is 10.1. The third kappa shape index (κ3) is 14.1. The predicted octanol–water partition coefficient (Wildman–Crippen LogP) is -1.02. The summed E-state index contributed by atoms with van der Waals surface area (Å²) in [5, 5.41) is 3.33. The highest BCUT2D eigenvalue weighted by molar-refractivity contribution is 5.78. The molecule has 1 heterocycles.